The Labute approximate surface area is 89.9 Å². The van der Waals surface area contributed by atoms with Gasteiger partial charge in [0, 0.05) is 5.56 Å². The standard InChI is InChI=1S/C12H15NO2/c1-12(2,8-13)11(14)9-6-4-5-7-10(9)15-3/h4-7,11,14H,1-3H3. The van der Waals surface area contributed by atoms with Crippen LogP contribution in [0.25, 0.3) is 0 Å². The van der Waals surface area contributed by atoms with Gasteiger partial charge < -0.3 is 9.84 Å². The van der Waals surface area contributed by atoms with Crippen LogP contribution in [0.2, 0.25) is 0 Å². The first kappa shape index (κ1) is 11.5. The van der Waals surface area contributed by atoms with E-state index in [0.29, 0.717) is 11.3 Å². The van der Waals surface area contributed by atoms with Crippen molar-refractivity contribution in [2.45, 2.75) is 20.0 Å². The van der Waals surface area contributed by atoms with E-state index in [-0.39, 0.29) is 0 Å². The molecule has 0 aliphatic rings. The Morgan fingerprint density at radius 1 is 1.40 bits per heavy atom. The van der Waals surface area contributed by atoms with Gasteiger partial charge in [0.1, 0.15) is 11.9 Å². The van der Waals surface area contributed by atoms with Gasteiger partial charge >= 0.3 is 0 Å². The molecule has 0 heterocycles. The highest BCUT2D eigenvalue weighted by atomic mass is 16.5. The summed E-state index contributed by atoms with van der Waals surface area (Å²) in [6, 6.07) is 9.26. The van der Waals surface area contributed by atoms with E-state index in [1.807, 2.05) is 12.1 Å². The van der Waals surface area contributed by atoms with Gasteiger partial charge in [-0.05, 0) is 19.9 Å². The Balaban J connectivity index is 3.12. The van der Waals surface area contributed by atoms with E-state index in [9.17, 15) is 5.11 Å². The molecule has 0 aromatic heterocycles. The van der Waals surface area contributed by atoms with Crippen LogP contribution in [0.15, 0.2) is 24.3 Å². The van der Waals surface area contributed by atoms with Gasteiger partial charge in [-0.15, -0.1) is 0 Å². The van der Waals surface area contributed by atoms with Crippen molar-refractivity contribution in [3.8, 4) is 11.8 Å². The van der Waals surface area contributed by atoms with Crippen molar-refractivity contribution in [3.63, 3.8) is 0 Å². The maximum Gasteiger partial charge on any atom is 0.124 e. The summed E-state index contributed by atoms with van der Waals surface area (Å²) in [5.41, 5.74) is -0.180. The Kier molecular flexibility index (Phi) is 3.33. The quantitative estimate of drug-likeness (QED) is 0.823. The van der Waals surface area contributed by atoms with Crippen molar-refractivity contribution in [2.24, 2.45) is 5.41 Å². The topological polar surface area (TPSA) is 53.2 Å². The highest BCUT2D eigenvalue weighted by molar-refractivity contribution is 5.36. The van der Waals surface area contributed by atoms with Gasteiger partial charge in [-0.1, -0.05) is 18.2 Å². The molecule has 0 aliphatic heterocycles. The van der Waals surface area contributed by atoms with Crippen LogP contribution < -0.4 is 4.74 Å². The molecule has 0 saturated carbocycles. The molecule has 80 valence electrons. The summed E-state index contributed by atoms with van der Waals surface area (Å²) in [4.78, 5) is 0. The maximum atomic E-state index is 10.1. The molecule has 0 bridgehead atoms. The lowest BCUT2D eigenvalue weighted by molar-refractivity contribution is 0.0841. The molecule has 1 aromatic carbocycles. The number of hydrogen-bond acceptors (Lipinski definition) is 3. The fraction of sp³-hybridized carbons (Fsp3) is 0.417. The largest absolute Gasteiger partial charge is 0.496 e. The fourth-order valence-corrected chi connectivity index (χ4v) is 1.34. The van der Waals surface area contributed by atoms with Crippen molar-refractivity contribution < 1.29 is 9.84 Å². The smallest absolute Gasteiger partial charge is 0.124 e. The van der Waals surface area contributed by atoms with Gasteiger partial charge in [0.15, 0.2) is 0 Å². The van der Waals surface area contributed by atoms with Crippen LogP contribution in [0.5, 0.6) is 5.75 Å². The Morgan fingerprint density at radius 2 is 2.00 bits per heavy atom. The first-order valence-corrected chi connectivity index (χ1v) is 4.75. The third kappa shape index (κ3) is 2.28. The number of aliphatic hydroxyl groups excluding tert-OH is 1. The van der Waals surface area contributed by atoms with Crippen LogP contribution in [0, 0.1) is 16.7 Å². The number of benzene rings is 1. The van der Waals surface area contributed by atoms with E-state index in [0.717, 1.165) is 0 Å². The molecule has 1 N–H and O–H groups in total. The van der Waals surface area contributed by atoms with E-state index in [1.165, 1.54) is 0 Å². The number of para-hydroxylation sites is 1. The molecular formula is C12H15NO2. The predicted molar refractivity (Wildman–Crippen MR) is 57.3 cm³/mol. The van der Waals surface area contributed by atoms with Crippen molar-refractivity contribution in [1.82, 2.24) is 0 Å². The first-order chi connectivity index (χ1) is 7.03. The van der Waals surface area contributed by atoms with Crippen LogP contribution in [0.4, 0.5) is 0 Å². The average molecular weight is 205 g/mol. The molecule has 3 heteroatoms. The minimum absolute atomic E-state index is 0.605. The summed E-state index contributed by atoms with van der Waals surface area (Å²) < 4.78 is 5.14. The second kappa shape index (κ2) is 4.33. The predicted octanol–water partition coefficient (Wildman–Crippen LogP) is 2.28. The monoisotopic (exact) mass is 205 g/mol. The third-order valence-corrected chi connectivity index (χ3v) is 2.41. The molecule has 0 amide bonds. The van der Waals surface area contributed by atoms with Gasteiger partial charge in [-0.2, -0.15) is 5.26 Å². The Morgan fingerprint density at radius 3 is 2.53 bits per heavy atom. The molecular weight excluding hydrogens is 190 g/mol. The van der Waals surface area contributed by atoms with Crippen LogP contribution in [-0.2, 0) is 0 Å². The minimum atomic E-state index is -0.848. The molecule has 1 atom stereocenters. The SMILES string of the molecule is COc1ccccc1C(O)C(C)(C)C#N. The van der Waals surface area contributed by atoms with E-state index < -0.39 is 11.5 Å². The Hall–Kier alpha value is -1.53. The molecule has 0 fully saturated rings. The summed E-state index contributed by atoms with van der Waals surface area (Å²) in [6.07, 6.45) is -0.848. The third-order valence-electron chi connectivity index (χ3n) is 2.41. The van der Waals surface area contributed by atoms with Crippen LogP contribution >= 0.6 is 0 Å². The normalized spacial score (nSPS) is 13.0. The average Bonchev–Trinajstić information content (AvgIpc) is 2.28. The van der Waals surface area contributed by atoms with E-state index >= 15 is 0 Å². The molecule has 1 aromatic rings. The summed E-state index contributed by atoms with van der Waals surface area (Å²) >= 11 is 0. The number of hydrogen-bond donors (Lipinski definition) is 1. The van der Waals surface area contributed by atoms with E-state index in [1.54, 1.807) is 33.1 Å². The van der Waals surface area contributed by atoms with Crippen LogP contribution in [-0.4, -0.2) is 12.2 Å². The highest BCUT2D eigenvalue weighted by Crippen LogP contribution is 2.36. The molecule has 3 nitrogen and oxygen atoms in total. The summed E-state index contributed by atoms with van der Waals surface area (Å²) in [7, 11) is 1.55. The molecule has 0 spiro atoms. The number of ether oxygens (including phenoxy) is 1. The lowest BCUT2D eigenvalue weighted by atomic mass is 9.84. The zero-order valence-corrected chi connectivity index (χ0v) is 9.19. The number of methoxy groups -OCH3 is 1. The molecule has 0 aliphatic carbocycles. The summed E-state index contributed by atoms with van der Waals surface area (Å²) in [6.45, 7) is 3.40. The summed E-state index contributed by atoms with van der Waals surface area (Å²) in [5, 5.41) is 19.0. The second-order valence-electron chi connectivity index (χ2n) is 3.98. The molecule has 15 heavy (non-hydrogen) atoms. The molecule has 0 radical (unpaired) electrons. The second-order valence-corrected chi connectivity index (χ2v) is 3.98. The number of nitriles is 1. The molecule has 1 rings (SSSR count). The van der Waals surface area contributed by atoms with Crippen LogP contribution in [0.3, 0.4) is 0 Å². The van der Waals surface area contributed by atoms with Crippen molar-refractivity contribution >= 4 is 0 Å². The lowest BCUT2D eigenvalue weighted by Crippen LogP contribution is -2.20. The van der Waals surface area contributed by atoms with Gasteiger partial charge in [-0.3, -0.25) is 0 Å². The number of aliphatic hydroxyl groups is 1. The fourth-order valence-electron chi connectivity index (χ4n) is 1.34. The summed E-state index contributed by atoms with van der Waals surface area (Å²) in [5.74, 6) is 0.605. The number of rotatable bonds is 3. The Bertz CT molecular complexity index is 379. The number of nitrogens with zero attached hydrogens (tertiary/aromatic N) is 1. The zero-order valence-electron chi connectivity index (χ0n) is 9.19. The van der Waals surface area contributed by atoms with Gasteiger partial charge in [-0.25, -0.2) is 0 Å². The molecule has 1 unspecified atom stereocenters. The zero-order chi connectivity index (χ0) is 11.5. The maximum absolute atomic E-state index is 10.1. The lowest BCUT2D eigenvalue weighted by Gasteiger charge is -2.24. The highest BCUT2D eigenvalue weighted by Gasteiger charge is 2.30. The van der Waals surface area contributed by atoms with Crippen molar-refractivity contribution in [3.05, 3.63) is 29.8 Å². The van der Waals surface area contributed by atoms with Gasteiger partial charge in [0.05, 0.1) is 18.6 Å². The van der Waals surface area contributed by atoms with E-state index in [4.69, 9.17) is 10.00 Å². The molecule has 0 saturated heterocycles. The van der Waals surface area contributed by atoms with E-state index in [2.05, 4.69) is 6.07 Å². The van der Waals surface area contributed by atoms with Crippen molar-refractivity contribution in [2.75, 3.05) is 7.11 Å². The van der Waals surface area contributed by atoms with Crippen LogP contribution in [0.1, 0.15) is 25.5 Å². The first-order valence-electron chi connectivity index (χ1n) is 4.75. The van der Waals surface area contributed by atoms with Gasteiger partial charge in [0.25, 0.3) is 0 Å². The minimum Gasteiger partial charge on any atom is -0.496 e. The van der Waals surface area contributed by atoms with Gasteiger partial charge in [0.2, 0.25) is 0 Å². The van der Waals surface area contributed by atoms with Crippen molar-refractivity contribution in [1.29, 1.82) is 5.26 Å².